The molecule has 1 atom stereocenters. The lowest BCUT2D eigenvalue weighted by Crippen LogP contribution is -2.39. The first-order valence-electron chi connectivity index (χ1n) is 10.6. The van der Waals surface area contributed by atoms with Gasteiger partial charge in [-0.1, -0.05) is 0 Å². The monoisotopic (exact) mass is 435 g/mol. The molecule has 8 heteroatoms. The van der Waals surface area contributed by atoms with E-state index in [0.29, 0.717) is 47.3 Å². The molecule has 1 amide bonds. The third-order valence-electron chi connectivity index (χ3n) is 6.10. The summed E-state index contributed by atoms with van der Waals surface area (Å²) in [7, 11) is 3.20. The molecule has 0 spiro atoms. The minimum absolute atomic E-state index is 0.0289. The van der Waals surface area contributed by atoms with Crippen molar-refractivity contribution in [2.45, 2.75) is 18.8 Å². The number of carbonyl (C=O) groups is 1. The number of methoxy groups -OCH3 is 2. The van der Waals surface area contributed by atoms with Crippen molar-refractivity contribution in [1.82, 2.24) is 9.88 Å². The Hall–Kier alpha value is -3.68. The van der Waals surface area contributed by atoms with E-state index in [0.717, 1.165) is 29.4 Å². The highest BCUT2D eigenvalue weighted by molar-refractivity contribution is 5.95. The van der Waals surface area contributed by atoms with Gasteiger partial charge in [-0.3, -0.25) is 9.78 Å². The van der Waals surface area contributed by atoms with Crippen molar-refractivity contribution >= 4 is 22.5 Å². The first-order valence-corrected chi connectivity index (χ1v) is 10.6. The summed E-state index contributed by atoms with van der Waals surface area (Å²) < 4.78 is 21.6. The molecular formula is C24H25N3O5. The van der Waals surface area contributed by atoms with E-state index in [4.69, 9.17) is 29.7 Å². The van der Waals surface area contributed by atoms with Gasteiger partial charge in [0.15, 0.2) is 23.0 Å². The number of hydrogen-bond donors (Lipinski definition) is 1. The molecule has 2 aliphatic rings. The molecule has 1 saturated heterocycles. The maximum atomic E-state index is 13.2. The number of aromatic nitrogens is 1. The molecule has 2 N–H and O–H groups in total. The molecule has 32 heavy (non-hydrogen) atoms. The van der Waals surface area contributed by atoms with Gasteiger partial charge in [-0.2, -0.15) is 0 Å². The summed E-state index contributed by atoms with van der Waals surface area (Å²) in [5.41, 5.74) is 9.21. The molecule has 0 unspecified atom stereocenters. The number of anilines is 1. The number of fused-ring (bicyclic) bond motifs is 2. The van der Waals surface area contributed by atoms with E-state index < -0.39 is 0 Å². The van der Waals surface area contributed by atoms with Gasteiger partial charge in [0.1, 0.15) is 0 Å². The van der Waals surface area contributed by atoms with Crippen molar-refractivity contribution in [2.75, 3.05) is 39.8 Å². The standard InChI is InChI=1S/C24H25N3O5/c1-29-20-10-16-8-17(25)23(26-18(16)11-21(20)30-2)15-4-3-7-27(12-15)24(28)14-5-6-19-22(9-14)32-13-31-19/h5-6,8-11,15H,3-4,7,12-13,25H2,1-2H3/t15-/m0/s1. The van der Waals surface area contributed by atoms with Gasteiger partial charge >= 0.3 is 0 Å². The Morgan fingerprint density at radius 1 is 1.09 bits per heavy atom. The predicted molar refractivity (Wildman–Crippen MR) is 120 cm³/mol. The third kappa shape index (κ3) is 3.51. The second-order valence-electron chi connectivity index (χ2n) is 8.02. The summed E-state index contributed by atoms with van der Waals surface area (Å²) in [5, 5.41) is 0.882. The smallest absolute Gasteiger partial charge is 0.254 e. The molecule has 0 radical (unpaired) electrons. The van der Waals surface area contributed by atoms with Crippen LogP contribution in [-0.4, -0.2) is 49.9 Å². The molecule has 1 aromatic heterocycles. The van der Waals surface area contributed by atoms with Gasteiger partial charge < -0.3 is 29.6 Å². The third-order valence-corrected chi connectivity index (χ3v) is 6.10. The average Bonchev–Trinajstić information content (AvgIpc) is 3.30. The molecule has 1 fully saturated rings. The van der Waals surface area contributed by atoms with E-state index in [1.165, 1.54) is 0 Å². The molecule has 2 aliphatic heterocycles. The van der Waals surface area contributed by atoms with Gasteiger partial charge in [0.2, 0.25) is 6.79 Å². The van der Waals surface area contributed by atoms with Crippen LogP contribution in [0.1, 0.15) is 34.8 Å². The van der Waals surface area contributed by atoms with Crippen LogP contribution in [0, 0.1) is 0 Å². The van der Waals surface area contributed by atoms with Gasteiger partial charge in [0.05, 0.1) is 31.1 Å². The second kappa shape index (κ2) is 8.11. The van der Waals surface area contributed by atoms with Crippen LogP contribution in [0.2, 0.25) is 0 Å². The van der Waals surface area contributed by atoms with Crippen LogP contribution in [0.25, 0.3) is 10.9 Å². The maximum absolute atomic E-state index is 13.2. The lowest BCUT2D eigenvalue weighted by Gasteiger charge is -2.33. The molecule has 3 heterocycles. The fourth-order valence-corrected chi connectivity index (χ4v) is 4.46. The maximum Gasteiger partial charge on any atom is 0.254 e. The Morgan fingerprint density at radius 3 is 2.69 bits per heavy atom. The van der Waals surface area contributed by atoms with Gasteiger partial charge in [-0.15, -0.1) is 0 Å². The molecule has 0 aliphatic carbocycles. The summed E-state index contributed by atoms with van der Waals surface area (Å²) in [4.78, 5) is 19.9. The summed E-state index contributed by atoms with van der Waals surface area (Å²) in [5.74, 6) is 2.55. The highest BCUT2D eigenvalue weighted by Gasteiger charge is 2.29. The molecule has 0 bridgehead atoms. The van der Waals surface area contributed by atoms with Crippen LogP contribution in [0.4, 0.5) is 5.69 Å². The van der Waals surface area contributed by atoms with Crippen LogP contribution in [0.15, 0.2) is 36.4 Å². The first-order chi connectivity index (χ1) is 15.6. The highest BCUT2D eigenvalue weighted by atomic mass is 16.7. The number of hydrogen-bond acceptors (Lipinski definition) is 7. The molecular weight excluding hydrogens is 410 g/mol. The lowest BCUT2D eigenvalue weighted by atomic mass is 9.92. The molecule has 5 rings (SSSR count). The molecule has 3 aromatic rings. The van der Waals surface area contributed by atoms with Crippen LogP contribution < -0.4 is 24.7 Å². The Labute approximate surface area is 185 Å². The fraction of sp³-hybridized carbons (Fsp3) is 0.333. The largest absolute Gasteiger partial charge is 0.493 e. The highest BCUT2D eigenvalue weighted by Crippen LogP contribution is 2.37. The number of rotatable bonds is 4. The number of amides is 1. The van der Waals surface area contributed by atoms with E-state index in [1.54, 1.807) is 32.4 Å². The van der Waals surface area contributed by atoms with E-state index in [1.807, 2.05) is 23.1 Å². The molecule has 0 saturated carbocycles. The Bertz CT molecular complexity index is 1200. The zero-order valence-corrected chi connectivity index (χ0v) is 18.1. The number of carbonyl (C=O) groups excluding carboxylic acids is 1. The van der Waals surface area contributed by atoms with Crippen molar-refractivity contribution in [2.24, 2.45) is 0 Å². The van der Waals surface area contributed by atoms with Crippen molar-refractivity contribution in [3.05, 3.63) is 47.7 Å². The van der Waals surface area contributed by atoms with E-state index in [2.05, 4.69) is 0 Å². The molecule has 8 nitrogen and oxygen atoms in total. The zero-order chi connectivity index (χ0) is 22.2. The minimum atomic E-state index is -0.0289. The lowest BCUT2D eigenvalue weighted by molar-refractivity contribution is 0.0705. The number of pyridine rings is 1. The topological polar surface area (TPSA) is 96.1 Å². The summed E-state index contributed by atoms with van der Waals surface area (Å²) >= 11 is 0. The van der Waals surface area contributed by atoms with E-state index in [-0.39, 0.29) is 18.6 Å². The number of nitrogen functional groups attached to an aromatic ring is 1. The van der Waals surface area contributed by atoms with Crippen molar-refractivity contribution in [3.8, 4) is 23.0 Å². The number of nitrogens with zero attached hydrogens (tertiary/aromatic N) is 2. The predicted octanol–water partition coefficient (Wildman–Crippen LogP) is 3.58. The Morgan fingerprint density at radius 2 is 1.88 bits per heavy atom. The summed E-state index contributed by atoms with van der Waals surface area (Å²) in [6.07, 6.45) is 1.80. The van der Waals surface area contributed by atoms with Crippen molar-refractivity contribution < 1.29 is 23.7 Å². The minimum Gasteiger partial charge on any atom is -0.493 e. The van der Waals surface area contributed by atoms with Crippen LogP contribution in [0.3, 0.4) is 0 Å². The summed E-state index contributed by atoms with van der Waals surface area (Å²) in [6.45, 7) is 1.44. The zero-order valence-electron chi connectivity index (χ0n) is 18.1. The SMILES string of the molecule is COc1cc2cc(N)c([C@H]3CCCN(C(=O)c4ccc5c(c4)OCO5)C3)nc2cc1OC. The van der Waals surface area contributed by atoms with Gasteiger partial charge in [-0.05, 0) is 43.2 Å². The number of likely N-dealkylation sites (tertiary alicyclic amines) is 1. The summed E-state index contributed by atoms with van der Waals surface area (Å²) in [6, 6.07) is 10.9. The van der Waals surface area contributed by atoms with Crippen molar-refractivity contribution in [1.29, 1.82) is 0 Å². The quantitative estimate of drug-likeness (QED) is 0.669. The number of nitrogens with two attached hydrogens (primary N) is 1. The molecule has 2 aromatic carbocycles. The van der Waals surface area contributed by atoms with E-state index >= 15 is 0 Å². The van der Waals surface area contributed by atoms with Gasteiger partial charge in [0.25, 0.3) is 5.91 Å². The first kappa shape index (κ1) is 20.2. The van der Waals surface area contributed by atoms with E-state index in [9.17, 15) is 4.79 Å². The molecule has 166 valence electrons. The fourth-order valence-electron chi connectivity index (χ4n) is 4.46. The normalized spacial score (nSPS) is 17.4. The Kier molecular flexibility index (Phi) is 5.13. The second-order valence-corrected chi connectivity index (χ2v) is 8.02. The number of ether oxygens (including phenoxy) is 4. The number of benzene rings is 2. The van der Waals surface area contributed by atoms with Gasteiger partial charge in [-0.25, -0.2) is 0 Å². The van der Waals surface area contributed by atoms with Crippen LogP contribution in [-0.2, 0) is 0 Å². The number of piperidine rings is 1. The van der Waals surface area contributed by atoms with Crippen LogP contribution >= 0.6 is 0 Å². The van der Waals surface area contributed by atoms with Gasteiger partial charge in [0, 0.05) is 36.0 Å². The Balaban J connectivity index is 1.42. The average molecular weight is 435 g/mol. The van der Waals surface area contributed by atoms with Crippen molar-refractivity contribution in [3.63, 3.8) is 0 Å². The van der Waals surface area contributed by atoms with Crippen LogP contribution in [0.5, 0.6) is 23.0 Å².